The topological polar surface area (TPSA) is 29.5 Å². The van der Waals surface area contributed by atoms with Crippen molar-refractivity contribution in [2.45, 2.75) is 6.92 Å². The van der Waals surface area contributed by atoms with Gasteiger partial charge < -0.3 is 13.7 Å². The van der Waals surface area contributed by atoms with Crippen molar-refractivity contribution in [3.8, 4) is 33.4 Å². The van der Waals surface area contributed by atoms with Gasteiger partial charge in [0.1, 0.15) is 22.3 Å². The molecule has 0 N–H and O–H groups in total. The van der Waals surface area contributed by atoms with E-state index in [9.17, 15) is 0 Å². The highest BCUT2D eigenvalue weighted by Gasteiger charge is 2.22. The van der Waals surface area contributed by atoms with Crippen LogP contribution in [0.5, 0.6) is 0 Å². The number of anilines is 3. The molecule has 0 bridgehead atoms. The lowest BCUT2D eigenvalue weighted by atomic mass is 9.95. The maximum absolute atomic E-state index is 6.62. The first-order chi connectivity index (χ1) is 29.6. The molecule has 0 fully saturated rings. The molecule has 282 valence electrons. The second-order valence-corrected chi connectivity index (χ2v) is 15.8. The Morgan fingerprint density at radius 1 is 0.333 bits per heavy atom. The number of hydrogen-bond donors (Lipinski definition) is 0. The number of rotatable bonds is 6. The second kappa shape index (κ2) is 13.6. The number of benzene rings is 10. The summed E-state index contributed by atoms with van der Waals surface area (Å²) in [7, 11) is 0. The van der Waals surface area contributed by atoms with Gasteiger partial charge in [-0.05, 0) is 129 Å². The molecule has 10 aromatic carbocycles. The van der Waals surface area contributed by atoms with Crippen LogP contribution >= 0.6 is 0 Å². The van der Waals surface area contributed by atoms with Crippen molar-refractivity contribution in [1.82, 2.24) is 0 Å². The first-order valence-electron chi connectivity index (χ1n) is 20.5. The van der Waals surface area contributed by atoms with Gasteiger partial charge in [-0.3, -0.25) is 0 Å². The Labute approximate surface area is 347 Å². The van der Waals surface area contributed by atoms with Gasteiger partial charge in [-0.1, -0.05) is 145 Å². The molecule has 2 heterocycles. The lowest BCUT2D eigenvalue weighted by Gasteiger charge is -2.26. The minimum atomic E-state index is 0.843. The first kappa shape index (κ1) is 34.2. The van der Waals surface area contributed by atoms with Gasteiger partial charge in [0.2, 0.25) is 0 Å². The summed E-state index contributed by atoms with van der Waals surface area (Å²) >= 11 is 0. The van der Waals surface area contributed by atoms with Gasteiger partial charge in [-0.15, -0.1) is 0 Å². The Balaban J connectivity index is 1.07. The normalized spacial score (nSPS) is 11.8. The van der Waals surface area contributed by atoms with E-state index in [0.29, 0.717) is 0 Å². The summed E-state index contributed by atoms with van der Waals surface area (Å²) in [5.41, 5.74) is 14.7. The molecule has 2 aromatic heterocycles. The van der Waals surface area contributed by atoms with E-state index in [2.05, 4.69) is 218 Å². The van der Waals surface area contributed by atoms with E-state index in [-0.39, 0.29) is 0 Å². The average molecular weight is 768 g/mol. The Hall–Kier alpha value is -7.88. The summed E-state index contributed by atoms with van der Waals surface area (Å²) in [4.78, 5) is 2.37. The molecule has 0 atom stereocenters. The molecular formula is C57H37NO2. The number of fused-ring (bicyclic) bond motifs is 9. The number of nitrogens with zero attached hydrogens (tertiary/aromatic N) is 1. The standard InChI is InChI=1S/C57H37NO2/c1-36-10-7-14-40(32-36)38-22-26-44(27-23-38)58(51-17-9-19-55-57(51)49-34-41(25-30-52(49)60-55)37-11-3-2-4-12-37)45-28-31-53-50(35-45)56-48(16-8-18-54(56)59-53)43-24-29-47-42(33-43)21-20-39-13-5-6-15-46(39)47/h2-35H,1H3. The molecule has 0 spiro atoms. The van der Waals surface area contributed by atoms with Crippen molar-refractivity contribution in [3.05, 3.63) is 212 Å². The van der Waals surface area contributed by atoms with Crippen LogP contribution in [0.25, 0.3) is 98.8 Å². The SMILES string of the molecule is Cc1cccc(-c2ccc(N(c3ccc4oc5cccc(-c6ccc7c(ccc8ccccc87)c6)c5c4c3)c3cccc4oc5ccc(-c6ccccc6)cc5c34)cc2)c1. The van der Waals surface area contributed by atoms with E-state index in [1.54, 1.807) is 0 Å². The van der Waals surface area contributed by atoms with Crippen LogP contribution in [0, 0.1) is 6.92 Å². The van der Waals surface area contributed by atoms with Gasteiger partial charge in [0.25, 0.3) is 0 Å². The fourth-order valence-electron chi connectivity index (χ4n) is 9.23. The number of hydrogen-bond acceptors (Lipinski definition) is 3. The smallest absolute Gasteiger partial charge is 0.137 e. The lowest BCUT2D eigenvalue weighted by molar-refractivity contribution is 0.668. The number of furan rings is 2. The van der Waals surface area contributed by atoms with Crippen molar-refractivity contribution >= 4 is 82.5 Å². The molecule has 0 saturated carbocycles. The average Bonchev–Trinajstić information content (AvgIpc) is 3.88. The Morgan fingerprint density at radius 2 is 0.950 bits per heavy atom. The molecule has 0 saturated heterocycles. The summed E-state index contributed by atoms with van der Waals surface area (Å²) in [6.07, 6.45) is 0. The van der Waals surface area contributed by atoms with Gasteiger partial charge in [0.05, 0.1) is 11.1 Å². The van der Waals surface area contributed by atoms with Gasteiger partial charge >= 0.3 is 0 Å². The molecule has 60 heavy (non-hydrogen) atoms. The third-order valence-corrected chi connectivity index (χ3v) is 12.1. The van der Waals surface area contributed by atoms with Crippen molar-refractivity contribution in [2.75, 3.05) is 4.90 Å². The highest BCUT2D eigenvalue weighted by molar-refractivity contribution is 6.17. The molecule has 12 aromatic rings. The quantitative estimate of drug-likeness (QED) is 0.158. The van der Waals surface area contributed by atoms with E-state index in [1.165, 1.54) is 43.8 Å². The third-order valence-electron chi connectivity index (χ3n) is 12.1. The van der Waals surface area contributed by atoms with Gasteiger partial charge in [-0.25, -0.2) is 0 Å². The van der Waals surface area contributed by atoms with Crippen molar-refractivity contribution in [1.29, 1.82) is 0 Å². The van der Waals surface area contributed by atoms with Crippen molar-refractivity contribution in [3.63, 3.8) is 0 Å². The van der Waals surface area contributed by atoms with Crippen molar-refractivity contribution in [2.24, 2.45) is 0 Å². The van der Waals surface area contributed by atoms with Gasteiger partial charge in [-0.2, -0.15) is 0 Å². The van der Waals surface area contributed by atoms with E-state index < -0.39 is 0 Å². The van der Waals surface area contributed by atoms with Crippen LogP contribution in [0.1, 0.15) is 5.56 Å². The van der Waals surface area contributed by atoms with E-state index in [4.69, 9.17) is 8.83 Å². The highest BCUT2D eigenvalue weighted by Crippen LogP contribution is 2.46. The fourth-order valence-corrected chi connectivity index (χ4v) is 9.23. The van der Waals surface area contributed by atoms with Gasteiger partial charge in [0, 0.05) is 27.5 Å². The Kier molecular flexibility index (Phi) is 7.76. The zero-order chi connectivity index (χ0) is 39.7. The maximum Gasteiger partial charge on any atom is 0.137 e. The van der Waals surface area contributed by atoms with Crippen LogP contribution < -0.4 is 4.90 Å². The van der Waals surface area contributed by atoms with Crippen LogP contribution in [-0.2, 0) is 0 Å². The Morgan fingerprint density at radius 3 is 1.80 bits per heavy atom. The second-order valence-electron chi connectivity index (χ2n) is 15.8. The molecule has 0 amide bonds. The fraction of sp³-hybridized carbons (Fsp3) is 0.0175. The Bertz CT molecular complexity index is 3610. The zero-order valence-corrected chi connectivity index (χ0v) is 32.9. The predicted molar refractivity (Wildman–Crippen MR) is 252 cm³/mol. The molecule has 0 aliphatic carbocycles. The van der Waals surface area contributed by atoms with Crippen LogP contribution in [0.4, 0.5) is 17.1 Å². The van der Waals surface area contributed by atoms with Crippen LogP contribution in [0.3, 0.4) is 0 Å². The van der Waals surface area contributed by atoms with Crippen LogP contribution in [-0.4, -0.2) is 0 Å². The molecule has 0 aliphatic rings. The van der Waals surface area contributed by atoms with E-state index in [0.717, 1.165) is 77.6 Å². The first-order valence-corrected chi connectivity index (χ1v) is 20.5. The third kappa shape index (κ3) is 5.59. The van der Waals surface area contributed by atoms with Gasteiger partial charge in [0.15, 0.2) is 0 Å². The molecular weight excluding hydrogens is 731 g/mol. The van der Waals surface area contributed by atoms with Crippen LogP contribution in [0.2, 0.25) is 0 Å². The monoisotopic (exact) mass is 767 g/mol. The summed E-state index contributed by atoms with van der Waals surface area (Å²) in [5.74, 6) is 0. The molecule has 0 unspecified atom stereocenters. The summed E-state index contributed by atoms with van der Waals surface area (Å²) in [5, 5.41) is 9.29. The summed E-state index contributed by atoms with van der Waals surface area (Å²) in [6.45, 7) is 2.14. The molecule has 12 rings (SSSR count). The molecule has 0 aliphatic heterocycles. The minimum absolute atomic E-state index is 0.843. The molecule has 3 nitrogen and oxygen atoms in total. The maximum atomic E-state index is 6.62. The summed E-state index contributed by atoms with van der Waals surface area (Å²) < 4.78 is 13.2. The van der Waals surface area contributed by atoms with E-state index in [1.807, 2.05) is 0 Å². The zero-order valence-electron chi connectivity index (χ0n) is 32.9. The number of aryl methyl sites for hydroxylation is 1. The van der Waals surface area contributed by atoms with Crippen LogP contribution in [0.15, 0.2) is 215 Å². The molecule has 3 heteroatoms. The molecule has 0 radical (unpaired) electrons. The largest absolute Gasteiger partial charge is 0.456 e. The predicted octanol–water partition coefficient (Wildman–Crippen LogP) is 16.6. The highest BCUT2D eigenvalue weighted by atomic mass is 16.3. The summed E-state index contributed by atoms with van der Waals surface area (Å²) in [6, 6.07) is 73.9. The van der Waals surface area contributed by atoms with E-state index >= 15 is 0 Å². The van der Waals surface area contributed by atoms with Crippen molar-refractivity contribution < 1.29 is 8.83 Å². The minimum Gasteiger partial charge on any atom is -0.456 e. The lowest BCUT2D eigenvalue weighted by Crippen LogP contribution is -2.10.